The molecule has 0 aliphatic rings. The third-order valence-corrected chi connectivity index (χ3v) is 4.07. The summed E-state index contributed by atoms with van der Waals surface area (Å²) in [6.07, 6.45) is 0.791. The van der Waals surface area contributed by atoms with Crippen molar-refractivity contribution in [2.24, 2.45) is 0 Å². The highest BCUT2D eigenvalue weighted by atomic mass is 17.3. The van der Waals surface area contributed by atoms with E-state index in [-0.39, 0.29) is 11.1 Å². The fraction of sp³-hybridized carbons (Fsp3) is 0.391. The van der Waals surface area contributed by atoms with Crippen LogP contribution in [-0.4, -0.2) is 31.4 Å². The van der Waals surface area contributed by atoms with E-state index in [1.54, 1.807) is 48.5 Å². The smallest absolute Gasteiger partial charge is 0.376 e. The van der Waals surface area contributed by atoms with Crippen molar-refractivity contribution >= 4 is 11.9 Å². The van der Waals surface area contributed by atoms with Gasteiger partial charge >= 0.3 is 11.9 Å². The SMILES string of the molecule is CCCCC(OOC(=O)c1ccccc1OCC)OOC(=O)c1ccccc1OCC. The normalized spacial score (nSPS) is 10.6. The average molecular weight is 432 g/mol. The van der Waals surface area contributed by atoms with Crippen molar-refractivity contribution in [2.45, 2.75) is 46.3 Å². The molecule has 0 saturated carbocycles. The van der Waals surface area contributed by atoms with Crippen molar-refractivity contribution in [1.82, 2.24) is 0 Å². The van der Waals surface area contributed by atoms with Crippen molar-refractivity contribution in [3.8, 4) is 11.5 Å². The van der Waals surface area contributed by atoms with Crippen LogP contribution < -0.4 is 9.47 Å². The Labute approximate surface area is 181 Å². The maximum Gasteiger partial charge on any atom is 0.376 e. The summed E-state index contributed by atoms with van der Waals surface area (Å²) >= 11 is 0. The zero-order valence-electron chi connectivity index (χ0n) is 18.0. The predicted octanol–water partition coefficient (Wildman–Crippen LogP) is 4.88. The molecule has 0 bridgehead atoms. The number of carbonyl (C=O) groups is 2. The van der Waals surface area contributed by atoms with E-state index in [0.29, 0.717) is 37.6 Å². The fourth-order valence-electron chi connectivity index (χ4n) is 2.60. The zero-order valence-corrected chi connectivity index (χ0v) is 18.0. The number of hydrogen-bond donors (Lipinski definition) is 0. The molecule has 2 aromatic carbocycles. The van der Waals surface area contributed by atoms with Gasteiger partial charge in [-0.25, -0.2) is 9.59 Å². The van der Waals surface area contributed by atoms with Crippen LogP contribution in [0.25, 0.3) is 0 Å². The van der Waals surface area contributed by atoms with Crippen LogP contribution in [0.2, 0.25) is 0 Å². The largest absolute Gasteiger partial charge is 0.493 e. The van der Waals surface area contributed by atoms with Gasteiger partial charge in [0.2, 0.25) is 6.29 Å². The number of unbranched alkanes of at least 4 members (excludes halogenated alkanes) is 1. The van der Waals surface area contributed by atoms with Gasteiger partial charge in [0.15, 0.2) is 0 Å². The zero-order chi connectivity index (χ0) is 22.5. The molecule has 0 aromatic heterocycles. The molecule has 8 nitrogen and oxygen atoms in total. The number of hydrogen-bond acceptors (Lipinski definition) is 8. The van der Waals surface area contributed by atoms with Gasteiger partial charge in [0, 0.05) is 6.42 Å². The number of benzene rings is 2. The molecule has 0 N–H and O–H groups in total. The Morgan fingerprint density at radius 2 is 1.19 bits per heavy atom. The van der Waals surface area contributed by atoms with Gasteiger partial charge in [0.25, 0.3) is 0 Å². The Balaban J connectivity index is 1.98. The lowest BCUT2D eigenvalue weighted by molar-refractivity contribution is -0.421. The number of rotatable bonds is 13. The number of ether oxygens (including phenoxy) is 2. The lowest BCUT2D eigenvalue weighted by Gasteiger charge is -2.16. The summed E-state index contributed by atoms with van der Waals surface area (Å²) in [5, 5.41) is 0. The van der Waals surface area contributed by atoms with Crippen LogP contribution in [0.5, 0.6) is 11.5 Å². The van der Waals surface area contributed by atoms with Crippen molar-refractivity contribution in [1.29, 1.82) is 0 Å². The number of carbonyl (C=O) groups excluding carboxylic acids is 2. The highest BCUT2D eigenvalue weighted by molar-refractivity contribution is 5.92. The Morgan fingerprint density at radius 1 is 0.742 bits per heavy atom. The molecule has 0 aliphatic carbocycles. The van der Waals surface area contributed by atoms with Crippen LogP contribution in [0.1, 0.15) is 60.7 Å². The maximum atomic E-state index is 12.4. The summed E-state index contributed by atoms with van der Waals surface area (Å²) in [5.41, 5.74) is 0.419. The summed E-state index contributed by atoms with van der Waals surface area (Å²) in [6, 6.07) is 13.3. The molecule has 0 radical (unpaired) electrons. The van der Waals surface area contributed by atoms with Gasteiger partial charge in [-0.05, 0) is 44.5 Å². The van der Waals surface area contributed by atoms with Gasteiger partial charge < -0.3 is 9.47 Å². The van der Waals surface area contributed by atoms with Crippen molar-refractivity contribution in [3.63, 3.8) is 0 Å². The van der Waals surface area contributed by atoms with Crippen molar-refractivity contribution < 1.29 is 38.6 Å². The average Bonchev–Trinajstić information content (AvgIpc) is 2.79. The molecule has 0 fully saturated rings. The van der Waals surface area contributed by atoms with Crippen molar-refractivity contribution in [2.75, 3.05) is 13.2 Å². The Morgan fingerprint density at radius 3 is 1.61 bits per heavy atom. The standard InChI is InChI=1S/C23H28O8/c1-4-7-16-21(28-30-22(24)17-12-8-10-14-19(17)26-5-2)29-31-23(25)18-13-9-11-15-20(18)27-6-3/h8-15,21H,4-7,16H2,1-3H3. The van der Waals surface area contributed by atoms with Crippen LogP contribution in [0.4, 0.5) is 0 Å². The van der Waals surface area contributed by atoms with Gasteiger partial charge in [-0.2, -0.15) is 0 Å². The van der Waals surface area contributed by atoms with Crippen LogP contribution in [0.15, 0.2) is 48.5 Å². The lowest BCUT2D eigenvalue weighted by Crippen LogP contribution is -2.22. The van der Waals surface area contributed by atoms with Crippen LogP contribution in [0, 0.1) is 0 Å². The summed E-state index contributed by atoms with van der Waals surface area (Å²) in [5.74, 6) is -0.739. The molecule has 8 heteroatoms. The molecule has 168 valence electrons. The molecule has 31 heavy (non-hydrogen) atoms. The molecular weight excluding hydrogens is 404 g/mol. The van der Waals surface area contributed by atoms with E-state index >= 15 is 0 Å². The lowest BCUT2D eigenvalue weighted by atomic mass is 10.2. The first-order valence-corrected chi connectivity index (χ1v) is 10.3. The topological polar surface area (TPSA) is 89.5 Å². The minimum Gasteiger partial charge on any atom is -0.493 e. The fourth-order valence-corrected chi connectivity index (χ4v) is 2.60. The minimum atomic E-state index is -1.09. The van der Waals surface area contributed by atoms with E-state index in [1.165, 1.54) is 0 Å². The summed E-state index contributed by atoms with van der Waals surface area (Å²) in [7, 11) is 0. The first-order valence-electron chi connectivity index (χ1n) is 10.3. The van der Waals surface area contributed by atoms with Gasteiger partial charge in [0.1, 0.15) is 22.6 Å². The number of para-hydroxylation sites is 2. The second kappa shape index (κ2) is 13.3. The van der Waals surface area contributed by atoms with E-state index in [1.807, 2.05) is 20.8 Å². The van der Waals surface area contributed by atoms with Gasteiger partial charge in [0.05, 0.1) is 13.2 Å². The molecule has 0 unspecified atom stereocenters. The predicted molar refractivity (Wildman–Crippen MR) is 112 cm³/mol. The summed E-state index contributed by atoms with van der Waals surface area (Å²) in [6.45, 7) is 6.39. The highest BCUT2D eigenvalue weighted by Crippen LogP contribution is 2.21. The van der Waals surface area contributed by atoms with Gasteiger partial charge in [-0.15, -0.1) is 9.78 Å². The molecule has 2 rings (SSSR count). The third-order valence-electron chi connectivity index (χ3n) is 4.07. The van der Waals surface area contributed by atoms with Gasteiger partial charge in [-0.3, -0.25) is 9.78 Å². The van der Waals surface area contributed by atoms with E-state index in [4.69, 9.17) is 29.0 Å². The summed E-state index contributed by atoms with van der Waals surface area (Å²) in [4.78, 5) is 44.8. The Kier molecular flexibility index (Phi) is 10.3. The first kappa shape index (κ1) is 24.2. The second-order valence-corrected chi connectivity index (χ2v) is 6.36. The van der Waals surface area contributed by atoms with E-state index in [2.05, 4.69) is 0 Å². The monoisotopic (exact) mass is 432 g/mol. The van der Waals surface area contributed by atoms with E-state index in [9.17, 15) is 9.59 Å². The quantitative estimate of drug-likeness (QED) is 0.251. The van der Waals surface area contributed by atoms with Crippen LogP contribution >= 0.6 is 0 Å². The van der Waals surface area contributed by atoms with Crippen LogP contribution in [0.3, 0.4) is 0 Å². The van der Waals surface area contributed by atoms with Gasteiger partial charge in [-0.1, -0.05) is 37.6 Å². The molecule has 2 aromatic rings. The molecule has 0 spiro atoms. The molecule has 0 atom stereocenters. The first-order chi connectivity index (χ1) is 15.1. The molecule has 0 amide bonds. The second-order valence-electron chi connectivity index (χ2n) is 6.36. The molecular formula is C23H28O8. The van der Waals surface area contributed by atoms with E-state index < -0.39 is 18.2 Å². The highest BCUT2D eigenvalue weighted by Gasteiger charge is 2.22. The molecule has 0 aliphatic heterocycles. The van der Waals surface area contributed by atoms with Crippen LogP contribution in [-0.2, 0) is 19.6 Å². The minimum absolute atomic E-state index is 0.209. The maximum absolute atomic E-state index is 12.4. The van der Waals surface area contributed by atoms with Crippen molar-refractivity contribution in [3.05, 3.63) is 59.7 Å². The molecule has 0 heterocycles. The third kappa shape index (κ3) is 7.58. The molecule has 0 saturated heterocycles. The van der Waals surface area contributed by atoms with E-state index in [0.717, 1.165) is 6.42 Å². The Hall–Kier alpha value is -3.10. The Bertz CT molecular complexity index is 770. The summed E-state index contributed by atoms with van der Waals surface area (Å²) < 4.78 is 10.8.